The molecule has 0 aromatic carbocycles. The Morgan fingerprint density at radius 2 is 2.12 bits per heavy atom. The molecular weight excluding hydrogens is 380 g/mol. The molecule has 1 amide bonds. The highest BCUT2D eigenvalue weighted by atomic mass is 32.2. The Labute approximate surface area is 154 Å². The zero-order valence-electron chi connectivity index (χ0n) is 14.0. The van der Waals surface area contributed by atoms with E-state index in [2.05, 4.69) is 5.32 Å². The Hall–Kier alpha value is -2.17. The van der Waals surface area contributed by atoms with Crippen LogP contribution in [0.5, 0.6) is 0 Å². The number of carbonyl (C=O) groups is 2. The number of aryl methyl sites for hydroxylation is 1. The quantitative estimate of drug-likeness (QED) is 0.766. The number of amides is 1. The third-order valence-corrected chi connectivity index (χ3v) is 7.47. The summed E-state index contributed by atoms with van der Waals surface area (Å²) in [5, 5.41) is 11.5. The fourth-order valence-electron chi connectivity index (χ4n) is 2.84. The molecule has 0 radical (unpaired) electrons. The lowest BCUT2D eigenvalue weighted by Crippen LogP contribution is -2.45. The number of aromatic carboxylic acids is 1. The van der Waals surface area contributed by atoms with Crippen molar-refractivity contribution < 1.29 is 27.5 Å². The number of hydrogen-bond donors (Lipinski definition) is 2. The molecule has 1 fully saturated rings. The van der Waals surface area contributed by atoms with E-state index >= 15 is 0 Å². The summed E-state index contributed by atoms with van der Waals surface area (Å²) < 4.78 is 32.1. The van der Waals surface area contributed by atoms with Gasteiger partial charge in [0.05, 0.1) is 6.54 Å². The normalized spacial score (nSPS) is 18.1. The Morgan fingerprint density at radius 3 is 2.73 bits per heavy atom. The van der Waals surface area contributed by atoms with Crippen LogP contribution in [-0.4, -0.2) is 42.3 Å². The second-order valence-corrected chi connectivity index (χ2v) is 9.33. The Bertz CT molecular complexity index is 930. The molecule has 3 rings (SSSR count). The van der Waals surface area contributed by atoms with Gasteiger partial charge in [0, 0.05) is 11.4 Å². The van der Waals surface area contributed by atoms with Gasteiger partial charge in [-0.2, -0.15) is 4.31 Å². The van der Waals surface area contributed by atoms with E-state index in [1.165, 1.54) is 27.8 Å². The molecule has 1 unspecified atom stereocenters. The largest absolute Gasteiger partial charge is 0.475 e. The zero-order chi connectivity index (χ0) is 18.9. The van der Waals surface area contributed by atoms with Gasteiger partial charge in [0.2, 0.25) is 11.7 Å². The van der Waals surface area contributed by atoms with Crippen molar-refractivity contribution in [1.29, 1.82) is 0 Å². The topological polar surface area (TPSA) is 117 Å². The lowest BCUT2D eigenvalue weighted by Gasteiger charge is -2.22. The summed E-state index contributed by atoms with van der Waals surface area (Å²) in [5.74, 6) is -1.54. The number of hydrogen-bond acceptors (Lipinski definition) is 6. The summed E-state index contributed by atoms with van der Waals surface area (Å²) in [6, 6.07) is 5.27. The van der Waals surface area contributed by atoms with Crippen LogP contribution < -0.4 is 5.32 Å². The molecule has 10 heteroatoms. The average Bonchev–Trinajstić information content (AvgIpc) is 3.32. The Morgan fingerprint density at radius 1 is 1.35 bits per heavy atom. The molecule has 26 heavy (non-hydrogen) atoms. The van der Waals surface area contributed by atoms with Gasteiger partial charge in [-0.05, 0) is 44.0 Å². The molecule has 2 aromatic heterocycles. The van der Waals surface area contributed by atoms with Crippen LogP contribution in [0.3, 0.4) is 0 Å². The predicted molar refractivity (Wildman–Crippen MR) is 93.5 cm³/mol. The molecule has 1 aliphatic rings. The molecule has 1 aliphatic heterocycles. The maximum atomic E-state index is 12.8. The maximum absolute atomic E-state index is 12.8. The Balaban J connectivity index is 1.69. The molecule has 8 nitrogen and oxygen atoms in total. The van der Waals surface area contributed by atoms with Gasteiger partial charge >= 0.3 is 5.97 Å². The molecule has 2 aromatic rings. The smallest absolute Gasteiger partial charge is 0.371 e. The summed E-state index contributed by atoms with van der Waals surface area (Å²) >= 11 is 1.18. The second kappa shape index (κ2) is 7.22. The second-order valence-electron chi connectivity index (χ2n) is 5.93. The van der Waals surface area contributed by atoms with Gasteiger partial charge in [0.15, 0.2) is 0 Å². The van der Waals surface area contributed by atoms with Crippen molar-refractivity contribution in [3.63, 3.8) is 0 Å². The van der Waals surface area contributed by atoms with Crippen LogP contribution in [0, 0.1) is 6.92 Å². The van der Waals surface area contributed by atoms with Crippen molar-refractivity contribution in [3.8, 4) is 0 Å². The minimum Gasteiger partial charge on any atom is -0.475 e. The summed E-state index contributed by atoms with van der Waals surface area (Å²) in [5.41, 5.74) is 0. The third-order valence-electron chi connectivity index (χ3n) is 4.09. The first-order valence-electron chi connectivity index (χ1n) is 7.97. The number of sulfonamides is 1. The van der Waals surface area contributed by atoms with Crippen molar-refractivity contribution in [2.75, 3.05) is 6.54 Å². The van der Waals surface area contributed by atoms with Crippen LogP contribution in [0.25, 0.3) is 0 Å². The van der Waals surface area contributed by atoms with E-state index in [9.17, 15) is 18.0 Å². The minimum atomic E-state index is -3.71. The maximum Gasteiger partial charge on any atom is 0.371 e. The highest BCUT2D eigenvalue weighted by Gasteiger charge is 2.39. The zero-order valence-corrected chi connectivity index (χ0v) is 15.6. The number of carbonyl (C=O) groups excluding carboxylic acids is 1. The number of carboxylic acids is 1. The highest BCUT2D eigenvalue weighted by molar-refractivity contribution is 7.91. The molecule has 0 bridgehead atoms. The molecule has 1 saturated heterocycles. The molecule has 140 valence electrons. The molecule has 1 atom stereocenters. The molecular formula is C16H18N2O6S2. The molecule has 3 heterocycles. The van der Waals surface area contributed by atoms with Crippen molar-refractivity contribution in [1.82, 2.24) is 9.62 Å². The lowest BCUT2D eigenvalue weighted by molar-refractivity contribution is -0.124. The van der Waals surface area contributed by atoms with Gasteiger partial charge in [0.1, 0.15) is 16.0 Å². The summed E-state index contributed by atoms with van der Waals surface area (Å²) in [7, 11) is -3.71. The number of carboxylic acid groups (broad SMARTS) is 1. The van der Waals surface area contributed by atoms with Crippen LogP contribution in [0.2, 0.25) is 0 Å². The van der Waals surface area contributed by atoms with E-state index in [-0.39, 0.29) is 22.3 Å². The van der Waals surface area contributed by atoms with Crippen molar-refractivity contribution in [2.24, 2.45) is 0 Å². The number of rotatable bonds is 6. The molecule has 2 N–H and O–H groups in total. The van der Waals surface area contributed by atoms with Crippen LogP contribution in [0.4, 0.5) is 0 Å². The van der Waals surface area contributed by atoms with Gasteiger partial charge in [-0.3, -0.25) is 4.79 Å². The van der Waals surface area contributed by atoms with Crippen LogP contribution in [0.1, 0.15) is 34.0 Å². The van der Waals surface area contributed by atoms with Gasteiger partial charge in [-0.25, -0.2) is 13.2 Å². The van der Waals surface area contributed by atoms with E-state index in [4.69, 9.17) is 9.52 Å². The van der Waals surface area contributed by atoms with Crippen LogP contribution in [0.15, 0.2) is 32.9 Å². The third kappa shape index (κ3) is 3.67. The Kier molecular flexibility index (Phi) is 5.17. The molecule has 0 spiro atoms. The molecule has 0 saturated carbocycles. The van der Waals surface area contributed by atoms with Gasteiger partial charge < -0.3 is 14.8 Å². The van der Waals surface area contributed by atoms with Gasteiger partial charge in [-0.1, -0.05) is 0 Å². The number of nitrogens with one attached hydrogen (secondary N) is 1. The number of thiophene rings is 1. The average molecular weight is 398 g/mol. The fourth-order valence-corrected chi connectivity index (χ4v) is 5.91. The lowest BCUT2D eigenvalue weighted by atomic mass is 10.2. The van der Waals surface area contributed by atoms with Crippen molar-refractivity contribution >= 4 is 33.2 Å². The standard InChI is InChI=1S/C16H18N2O6S2/c1-10-4-7-14(25-10)26(22,23)18-8-2-3-12(18)15(19)17-9-11-5-6-13(24-11)16(20)21/h4-7,12H,2-3,8-9H2,1H3,(H,17,19)(H,20,21). The van der Waals surface area contributed by atoms with Gasteiger partial charge in [-0.15, -0.1) is 11.3 Å². The summed E-state index contributed by atoms with van der Waals surface area (Å²) in [6.07, 6.45) is 1.04. The first-order valence-corrected chi connectivity index (χ1v) is 10.2. The first-order chi connectivity index (χ1) is 12.3. The minimum absolute atomic E-state index is 0.00535. The van der Waals surface area contributed by atoms with E-state index < -0.39 is 27.9 Å². The number of nitrogens with zero attached hydrogens (tertiary/aromatic N) is 1. The predicted octanol–water partition coefficient (Wildman–Crippen LogP) is 1.82. The molecule has 0 aliphatic carbocycles. The monoisotopic (exact) mass is 398 g/mol. The van der Waals surface area contributed by atoms with Gasteiger partial charge in [0.25, 0.3) is 10.0 Å². The van der Waals surface area contributed by atoms with E-state index in [0.717, 1.165) is 4.88 Å². The van der Waals surface area contributed by atoms with E-state index in [1.54, 1.807) is 12.1 Å². The van der Waals surface area contributed by atoms with Crippen molar-refractivity contribution in [3.05, 3.63) is 40.7 Å². The number of furan rings is 1. The highest BCUT2D eigenvalue weighted by Crippen LogP contribution is 2.30. The van der Waals surface area contributed by atoms with Crippen LogP contribution in [-0.2, 0) is 21.4 Å². The van der Waals surface area contributed by atoms with E-state index in [0.29, 0.717) is 19.4 Å². The summed E-state index contributed by atoms with van der Waals surface area (Å²) in [4.78, 5) is 24.2. The van der Waals surface area contributed by atoms with Crippen LogP contribution >= 0.6 is 11.3 Å². The van der Waals surface area contributed by atoms with Crippen molar-refractivity contribution in [2.45, 2.75) is 36.6 Å². The first kappa shape index (κ1) is 18.6. The SMILES string of the molecule is Cc1ccc(S(=O)(=O)N2CCCC2C(=O)NCc2ccc(C(=O)O)o2)s1. The van der Waals surface area contributed by atoms with E-state index in [1.807, 2.05) is 6.92 Å². The fraction of sp³-hybridized carbons (Fsp3) is 0.375. The summed E-state index contributed by atoms with van der Waals surface area (Å²) in [6.45, 7) is 2.11.